The van der Waals surface area contributed by atoms with Gasteiger partial charge in [0, 0.05) is 35.9 Å². The monoisotopic (exact) mass is 425 g/mol. The molecule has 1 amide bonds. The molecule has 4 rings (SSSR count). The fraction of sp³-hybridized carbons (Fsp3) is 0.0909. The predicted octanol–water partition coefficient (Wildman–Crippen LogP) is 5.39. The third kappa shape index (κ3) is 4.45. The van der Waals surface area contributed by atoms with Gasteiger partial charge < -0.3 is 16.0 Å². The number of pyridine rings is 1. The Morgan fingerprint density at radius 2 is 1.55 bits per heavy atom. The lowest BCUT2D eigenvalue weighted by molar-refractivity contribution is -0.140. The van der Waals surface area contributed by atoms with E-state index in [0.29, 0.717) is 22.8 Å². The van der Waals surface area contributed by atoms with Crippen LogP contribution in [0.3, 0.4) is 0 Å². The first-order valence-corrected chi connectivity index (χ1v) is 9.35. The van der Waals surface area contributed by atoms with Crippen LogP contribution in [0.2, 0.25) is 0 Å². The Hall–Kier alpha value is -4.01. The molecule has 0 atom stereocenters. The summed E-state index contributed by atoms with van der Waals surface area (Å²) in [6.07, 6.45) is -3.57. The largest absolute Gasteiger partial charge is 0.434 e. The average Bonchev–Trinajstić information content (AvgIpc) is 3.21. The minimum absolute atomic E-state index is 0.186. The Morgan fingerprint density at radius 3 is 2.19 bits per heavy atom. The van der Waals surface area contributed by atoms with Crippen molar-refractivity contribution in [1.29, 1.82) is 0 Å². The van der Waals surface area contributed by atoms with Crippen molar-refractivity contribution in [3.8, 4) is 0 Å². The van der Waals surface area contributed by atoms with Crippen molar-refractivity contribution in [2.75, 3.05) is 23.0 Å². The molecular formula is C22H18F3N5O. The number of hydrogen-bond acceptors (Lipinski definition) is 4. The first-order chi connectivity index (χ1) is 14.8. The van der Waals surface area contributed by atoms with Gasteiger partial charge in [-0.15, -0.1) is 0 Å². The molecule has 0 spiro atoms. The number of halogens is 3. The number of amides is 1. The van der Waals surface area contributed by atoms with Gasteiger partial charge in [-0.05, 0) is 60.7 Å². The molecule has 31 heavy (non-hydrogen) atoms. The van der Waals surface area contributed by atoms with Gasteiger partial charge in [0.25, 0.3) is 5.91 Å². The zero-order valence-corrected chi connectivity index (χ0v) is 16.4. The van der Waals surface area contributed by atoms with Crippen LogP contribution in [0.25, 0.3) is 5.65 Å². The molecule has 6 nitrogen and oxygen atoms in total. The molecule has 0 bridgehead atoms. The van der Waals surface area contributed by atoms with Crippen LogP contribution >= 0.6 is 0 Å². The van der Waals surface area contributed by atoms with Gasteiger partial charge in [0.1, 0.15) is 11.5 Å². The van der Waals surface area contributed by atoms with Gasteiger partial charge in [-0.3, -0.25) is 9.20 Å². The summed E-state index contributed by atoms with van der Waals surface area (Å²) in [7, 11) is 1.80. The number of fused-ring (bicyclic) bond motifs is 1. The maximum atomic E-state index is 13.0. The third-order valence-electron chi connectivity index (χ3n) is 4.63. The minimum Gasteiger partial charge on any atom is -0.388 e. The molecule has 9 heteroatoms. The highest BCUT2D eigenvalue weighted by atomic mass is 19.4. The molecule has 158 valence electrons. The molecule has 2 heterocycles. The van der Waals surface area contributed by atoms with Crippen molar-refractivity contribution < 1.29 is 18.0 Å². The molecule has 0 unspecified atom stereocenters. The second-order valence-electron chi connectivity index (χ2n) is 6.75. The van der Waals surface area contributed by atoms with Crippen LogP contribution in [0.4, 0.5) is 36.1 Å². The summed E-state index contributed by atoms with van der Waals surface area (Å²) < 4.78 is 40.2. The van der Waals surface area contributed by atoms with Crippen LogP contribution in [0.15, 0.2) is 72.9 Å². The topological polar surface area (TPSA) is 70.5 Å². The molecule has 3 N–H and O–H groups in total. The molecule has 0 aliphatic carbocycles. The average molecular weight is 425 g/mol. The van der Waals surface area contributed by atoms with Crippen molar-refractivity contribution in [2.45, 2.75) is 6.18 Å². The molecule has 0 radical (unpaired) electrons. The molecule has 2 aromatic heterocycles. The summed E-state index contributed by atoms with van der Waals surface area (Å²) in [6, 6.07) is 18.7. The van der Waals surface area contributed by atoms with Crippen LogP contribution < -0.4 is 16.0 Å². The lowest BCUT2D eigenvalue weighted by Gasteiger charge is -2.10. The zero-order valence-electron chi connectivity index (χ0n) is 16.4. The summed E-state index contributed by atoms with van der Waals surface area (Å²) in [5.41, 5.74) is 1.89. The molecule has 0 aliphatic rings. The fourth-order valence-corrected chi connectivity index (χ4v) is 3.03. The Balaban J connectivity index is 1.48. The molecule has 0 aliphatic heterocycles. The van der Waals surface area contributed by atoms with E-state index in [0.717, 1.165) is 11.9 Å². The first-order valence-electron chi connectivity index (χ1n) is 9.35. The molecule has 0 saturated carbocycles. The van der Waals surface area contributed by atoms with Gasteiger partial charge in [0.15, 0.2) is 5.69 Å². The van der Waals surface area contributed by atoms with E-state index in [9.17, 15) is 18.0 Å². The number of hydrogen-bond donors (Lipinski definition) is 3. The van der Waals surface area contributed by atoms with E-state index in [2.05, 4.69) is 20.9 Å². The molecule has 0 saturated heterocycles. The highest BCUT2D eigenvalue weighted by Crippen LogP contribution is 2.30. The SMILES string of the molecule is CNc1ccc(C(=O)Nc2ccc(Nc3cccc4nc(C(F)(F)F)cn34)cc2)cc1. The molecule has 4 aromatic rings. The maximum Gasteiger partial charge on any atom is 0.434 e. The van der Waals surface area contributed by atoms with Gasteiger partial charge in [-0.2, -0.15) is 13.2 Å². The number of alkyl halides is 3. The highest BCUT2D eigenvalue weighted by molar-refractivity contribution is 6.04. The zero-order chi connectivity index (χ0) is 22.0. The lowest BCUT2D eigenvalue weighted by atomic mass is 10.2. The minimum atomic E-state index is -4.52. The number of benzene rings is 2. The number of imidazole rings is 1. The van der Waals surface area contributed by atoms with Crippen molar-refractivity contribution >= 4 is 34.4 Å². The summed E-state index contributed by atoms with van der Waals surface area (Å²) in [4.78, 5) is 16.0. The van der Waals surface area contributed by atoms with E-state index in [1.807, 2.05) is 12.1 Å². The second-order valence-corrected chi connectivity index (χ2v) is 6.75. The van der Waals surface area contributed by atoms with Gasteiger partial charge in [-0.25, -0.2) is 4.98 Å². The number of anilines is 4. The standard InChI is InChI=1S/C22H18F3N5O/c1-26-15-7-5-14(6-8-15)21(31)28-17-11-9-16(10-12-17)27-19-3-2-4-20-29-18(13-30(19)20)22(23,24)25/h2-13,26-27H,1H3,(H,28,31). The van der Waals surface area contributed by atoms with E-state index in [4.69, 9.17) is 0 Å². The first kappa shape index (κ1) is 20.3. The van der Waals surface area contributed by atoms with Gasteiger partial charge in [-0.1, -0.05) is 6.07 Å². The van der Waals surface area contributed by atoms with Gasteiger partial charge >= 0.3 is 6.18 Å². The summed E-state index contributed by atoms with van der Waals surface area (Å²) in [5, 5.41) is 8.87. The molecule has 2 aromatic carbocycles. The van der Waals surface area contributed by atoms with Crippen LogP contribution in [0, 0.1) is 0 Å². The third-order valence-corrected chi connectivity index (χ3v) is 4.63. The lowest BCUT2D eigenvalue weighted by Crippen LogP contribution is -2.11. The van der Waals surface area contributed by atoms with Crippen molar-refractivity contribution in [3.63, 3.8) is 0 Å². The van der Waals surface area contributed by atoms with E-state index in [1.165, 1.54) is 10.5 Å². The smallest absolute Gasteiger partial charge is 0.388 e. The number of carbonyl (C=O) groups is 1. The number of carbonyl (C=O) groups excluding carboxylic acids is 1. The van der Waals surface area contributed by atoms with Crippen molar-refractivity contribution in [2.24, 2.45) is 0 Å². The second kappa shape index (κ2) is 8.02. The van der Waals surface area contributed by atoms with Gasteiger partial charge in [0.2, 0.25) is 0 Å². The molecular weight excluding hydrogens is 407 g/mol. The van der Waals surface area contributed by atoms with Crippen LogP contribution in [-0.2, 0) is 6.18 Å². The van der Waals surface area contributed by atoms with Crippen LogP contribution in [-0.4, -0.2) is 22.3 Å². The number of nitrogens with zero attached hydrogens (tertiary/aromatic N) is 2. The summed E-state index contributed by atoms with van der Waals surface area (Å²) in [5.74, 6) is 0.188. The maximum absolute atomic E-state index is 13.0. The Kier molecular flexibility index (Phi) is 5.24. The highest BCUT2D eigenvalue weighted by Gasteiger charge is 2.34. The Bertz CT molecular complexity index is 1210. The summed E-state index contributed by atoms with van der Waals surface area (Å²) in [6.45, 7) is 0. The number of rotatable bonds is 5. The summed E-state index contributed by atoms with van der Waals surface area (Å²) >= 11 is 0. The number of aromatic nitrogens is 2. The predicted molar refractivity (Wildman–Crippen MR) is 114 cm³/mol. The van der Waals surface area contributed by atoms with Crippen LogP contribution in [0.5, 0.6) is 0 Å². The van der Waals surface area contributed by atoms with E-state index in [1.54, 1.807) is 55.6 Å². The van der Waals surface area contributed by atoms with E-state index < -0.39 is 11.9 Å². The Labute approximate surface area is 175 Å². The number of nitrogens with one attached hydrogen (secondary N) is 3. The van der Waals surface area contributed by atoms with E-state index >= 15 is 0 Å². The normalized spacial score (nSPS) is 11.4. The molecule has 0 fully saturated rings. The van der Waals surface area contributed by atoms with Crippen molar-refractivity contribution in [3.05, 3.63) is 84.2 Å². The van der Waals surface area contributed by atoms with Gasteiger partial charge in [0.05, 0.1) is 0 Å². The van der Waals surface area contributed by atoms with Crippen molar-refractivity contribution in [1.82, 2.24) is 9.38 Å². The Morgan fingerprint density at radius 1 is 0.903 bits per heavy atom. The van der Waals surface area contributed by atoms with E-state index in [-0.39, 0.29) is 11.6 Å². The quantitative estimate of drug-likeness (QED) is 0.401. The van der Waals surface area contributed by atoms with Crippen LogP contribution in [0.1, 0.15) is 16.1 Å². The fourth-order valence-electron chi connectivity index (χ4n) is 3.03.